The van der Waals surface area contributed by atoms with E-state index in [9.17, 15) is 0 Å². The van der Waals surface area contributed by atoms with Gasteiger partial charge in [-0.3, -0.25) is 0 Å². The van der Waals surface area contributed by atoms with Crippen LogP contribution in [0, 0.1) is 0 Å². The van der Waals surface area contributed by atoms with E-state index in [-0.39, 0.29) is 6.10 Å². The van der Waals surface area contributed by atoms with Crippen LogP contribution in [0.2, 0.25) is 5.02 Å². The smallest absolute Gasteiger partial charge is 0.488 e. The van der Waals surface area contributed by atoms with Crippen molar-refractivity contribution < 1.29 is 14.8 Å². The molecule has 1 saturated carbocycles. The van der Waals surface area contributed by atoms with Crippen LogP contribution in [0.3, 0.4) is 0 Å². The maximum Gasteiger partial charge on any atom is 0.488 e. The molecular weight excluding hydrogens is 226 g/mol. The Balaban J connectivity index is 2.14. The van der Waals surface area contributed by atoms with Gasteiger partial charge in [0.2, 0.25) is 0 Å². The molecule has 0 amide bonds. The summed E-state index contributed by atoms with van der Waals surface area (Å²) in [5.74, 6) is 0.541. The van der Waals surface area contributed by atoms with Gasteiger partial charge in [0.25, 0.3) is 0 Å². The molecular formula is C11H14BClO3. The van der Waals surface area contributed by atoms with Crippen molar-refractivity contribution in [2.24, 2.45) is 0 Å². The van der Waals surface area contributed by atoms with Crippen molar-refractivity contribution in [3.63, 3.8) is 0 Å². The Morgan fingerprint density at radius 2 is 1.94 bits per heavy atom. The van der Waals surface area contributed by atoms with Crippen molar-refractivity contribution in [2.75, 3.05) is 0 Å². The van der Waals surface area contributed by atoms with Crippen LogP contribution in [0.4, 0.5) is 0 Å². The summed E-state index contributed by atoms with van der Waals surface area (Å²) in [4.78, 5) is 0. The highest BCUT2D eigenvalue weighted by atomic mass is 35.5. The van der Waals surface area contributed by atoms with E-state index in [0.29, 0.717) is 16.2 Å². The first-order valence-corrected chi connectivity index (χ1v) is 5.87. The van der Waals surface area contributed by atoms with E-state index in [0.717, 1.165) is 12.8 Å². The molecule has 0 radical (unpaired) electrons. The van der Waals surface area contributed by atoms with Gasteiger partial charge in [-0.1, -0.05) is 17.7 Å². The van der Waals surface area contributed by atoms with Crippen molar-refractivity contribution >= 4 is 24.2 Å². The molecule has 86 valence electrons. The third kappa shape index (κ3) is 2.70. The Bertz CT molecular complexity index is 364. The van der Waals surface area contributed by atoms with Gasteiger partial charge in [-0.25, -0.2) is 0 Å². The highest BCUT2D eigenvalue weighted by Crippen LogP contribution is 2.28. The van der Waals surface area contributed by atoms with Gasteiger partial charge >= 0.3 is 7.12 Å². The average Bonchev–Trinajstić information content (AvgIpc) is 2.73. The van der Waals surface area contributed by atoms with Crippen LogP contribution in [0.15, 0.2) is 18.2 Å². The lowest BCUT2D eigenvalue weighted by molar-refractivity contribution is 0.210. The van der Waals surface area contributed by atoms with Crippen molar-refractivity contribution in [2.45, 2.75) is 31.8 Å². The third-order valence-electron chi connectivity index (χ3n) is 2.85. The number of benzene rings is 1. The van der Waals surface area contributed by atoms with Crippen LogP contribution in [0.1, 0.15) is 25.7 Å². The molecule has 1 aromatic carbocycles. The molecule has 0 unspecified atom stereocenters. The Labute approximate surface area is 100 Å². The SMILES string of the molecule is OB(O)c1ccc(Cl)c(OC2CCCC2)c1. The molecule has 2 rings (SSSR count). The summed E-state index contributed by atoms with van der Waals surface area (Å²) >= 11 is 5.99. The lowest BCUT2D eigenvalue weighted by atomic mass is 9.80. The Hall–Kier alpha value is -0.705. The molecule has 16 heavy (non-hydrogen) atoms. The minimum atomic E-state index is -1.48. The summed E-state index contributed by atoms with van der Waals surface area (Å²) in [7, 11) is -1.48. The van der Waals surface area contributed by atoms with E-state index in [4.69, 9.17) is 26.4 Å². The topological polar surface area (TPSA) is 49.7 Å². The van der Waals surface area contributed by atoms with Crippen LogP contribution < -0.4 is 10.2 Å². The predicted octanol–water partition coefficient (Wildman–Crippen LogP) is 1.34. The molecule has 0 aliphatic heterocycles. The van der Waals surface area contributed by atoms with E-state index >= 15 is 0 Å². The molecule has 1 aromatic rings. The summed E-state index contributed by atoms with van der Waals surface area (Å²) in [5, 5.41) is 18.6. The van der Waals surface area contributed by atoms with Crippen LogP contribution >= 0.6 is 11.6 Å². The van der Waals surface area contributed by atoms with Crippen LogP contribution in [-0.2, 0) is 0 Å². The minimum absolute atomic E-state index is 0.212. The summed E-state index contributed by atoms with van der Waals surface area (Å²) in [6.07, 6.45) is 4.67. The van der Waals surface area contributed by atoms with Crippen LogP contribution in [0.25, 0.3) is 0 Å². The maximum atomic E-state index is 9.06. The molecule has 1 fully saturated rings. The molecule has 1 aliphatic rings. The molecule has 0 aromatic heterocycles. The van der Waals surface area contributed by atoms with E-state index in [1.165, 1.54) is 12.8 Å². The highest BCUT2D eigenvalue weighted by molar-refractivity contribution is 6.58. The molecule has 0 bridgehead atoms. The zero-order valence-electron chi connectivity index (χ0n) is 8.90. The Morgan fingerprint density at radius 3 is 2.56 bits per heavy atom. The van der Waals surface area contributed by atoms with Gasteiger partial charge in [0.15, 0.2) is 0 Å². The second kappa shape index (κ2) is 5.08. The Kier molecular flexibility index (Phi) is 3.74. The Morgan fingerprint density at radius 1 is 1.25 bits per heavy atom. The number of ether oxygens (including phenoxy) is 1. The fourth-order valence-electron chi connectivity index (χ4n) is 1.96. The first-order chi connectivity index (χ1) is 7.66. The van der Waals surface area contributed by atoms with Gasteiger partial charge in [0.1, 0.15) is 5.75 Å². The van der Waals surface area contributed by atoms with Gasteiger partial charge in [-0.05, 0) is 43.3 Å². The predicted molar refractivity (Wildman–Crippen MR) is 64.2 cm³/mol. The molecule has 2 N–H and O–H groups in total. The lowest BCUT2D eigenvalue weighted by Crippen LogP contribution is -2.29. The normalized spacial score (nSPS) is 16.4. The molecule has 5 heteroatoms. The molecule has 0 saturated heterocycles. The van der Waals surface area contributed by atoms with Gasteiger partial charge in [0, 0.05) is 0 Å². The van der Waals surface area contributed by atoms with Crippen LogP contribution in [0.5, 0.6) is 5.75 Å². The molecule has 0 heterocycles. The summed E-state index contributed by atoms with van der Waals surface area (Å²) in [6.45, 7) is 0. The van der Waals surface area contributed by atoms with Crippen molar-refractivity contribution in [1.29, 1.82) is 0 Å². The molecule has 0 spiro atoms. The number of rotatable bonds is 3. The van der Waals surface area contributed by atoms with Gasteiger partial charge in [-0.2, -0.15) is 0 Å². The minimum Gasteiger partial charge on any atom is -0.489 e. The van der Waals surface area contributed by atoms with E-state index in [2.05, 4.69) is 0 Å². The van der Waals surface area contributed by atoms with Gasteiger partial charge in [0.05, 0.1) is 11.1 Å². The number of halogens is 1. The summed E-state index contributed by atoms with van der Waals surface area (Å²) < 4.78 is 5.74. The molecule has 3 nitrogen and oxygen atoms in total. The fraction of sp³-hybridized carbons (Fsp3) is 0.455. The van der Waals surface area contributed by atoms with Crippen molar-refractivity contribution in [1.82, 2.24) is 0 Å². The fourth-order valence-corrected chi connectivity index (χ4v) is 2.12. The number of hydrogen-bond acceptors (Lipinski definition) is 3. The first-order valence-electron chi connectivity index (χ1n) is 5.49. The van der Waals surface area contributed by atoms with Gasteiger partial charge in [-0.15, -0.1) is 0 Å². The lowest BCUT2D eigenvalue weighted by Gasteiger charge is -2.15. The largest absolute Gasteiger partial charge is 0.489 e. The van der Waals surface area contributed by atoms with E-state index < -0.39 is 7.12 Å². The summed E-state index contributed by atoms with van der Waals surface area (Å²) in [5.41, 5.74) is 0.400. The monoisotopic (exact) mass is 240 g/mol. The van der Waals surface area contributed by atoms with Crippen molar-refractivity contribution in [3.8, 4) is 5.75 Å². The van der Waals surface area contributed by atoms with Crippen LogP contribution in [-0.4, -0.2) is 23.3 Å². The second-order valence-corrected chi connectivity index (χ2v) is 4.50. The third-order valence-corrected chi connectivity index (χ3v) is 3.16. The number of hydrogen-bond donors (Lipinski definition) is 2. The van der Waals surface area contributed by atoms with E-state index in [1.54, 1.807) is 18.2 Å². The maximum absolute atomic E-state index is 9.06. The average molecular weight is 240 g/mol. The molecule has 1 aliphatic carbocycles. The first kappa shape index (κ1) is 11.8. The zero-order chi connectivity index (χ0) is 11.5. The quantitative estimate of drug-likeness (QED) is 0.784. The molecule has 0 atom stereocenters. The van der Waals surface area contributed by atoms with Gasteiger partial charge < -0.3 is 14.8 Å². The summed E-state index contributed by atoms with van der Waals surface area (Å²) in [6, 6.07) is 4.79. The zero-order valence-corrected chi connectivity index (χ0v) is 9.65. The standard InChI is InChI=1S/C11H14BClO3/c13-10-6-5-8(12(14)15)7-11(10)16-9-3-1-2-4-9/h5-7,9,14-15H,1-4H2. The van der Waals surface area contributed by atoms with Crippen molar-refractivity contribution in [3.05, 3.63) is 23.2 Å². The highest BCUT2D eigenvalue weighted by Gasteiger charge is 2.19. The van der Waals surface area contributed by atoms with E-state index in [1.807, 2.05) is 0 Å². The second-order valence-electron chi connectivity index (χ2n) is 4.09.